The highest BCUT2D eigenvalue weighted by Gasteiger charge is 2.55. The fraction of sp³-hybridized carbons (Fsp3) is 0.708. The monoisotopic (exact) mass is 400 g/mol. The van der Waals surface area contributed by atoms with Gasteiger partial charge in [-0.3, -0.25) is 9.69 Å². The molecule has 1 amide bonds. The molecule has 3 fully saturated rings. The van der Waals surface area contributed by atoms with E-state index in [9.17, 15) is 9.90 Å². The van der Waals surface area contributed by atoms with Crippen molar-refractivity contribution in [2.24, 2.45) is 11.3 Å². The second kappa shape index (κ2) is 8.27. The zero-order valence-corrected chi connectivity index (χ0v) is 18.1. The third-order valence-electron chi connectivity index (χ3n) is 7.71. The summed E-state index contributed by atoms with van der Waals surface area (Å²) < 4.78 is 5.46. The number of amides is 1. The maximum atomic E-state index is 13.1. The van der Waals surface area contributed by atoms with Gasteiger partial charge >= 0.3 is 0 Å². The number of hydrogen-bond donors (Lipinski definition) is 1. The van der Waals surface area contributed by atoms with Crippen LogP contribution in [0.25, 0.3) is 0 Å². The van der Waals surface area contributed by atoms with Crippen molar-refractivity contribution in [1.29, 1.82) is 0 Å². The molecular weight excluding hydrogens is 364 g/mol. The minimum Gasteiger partial charge on any atom is -0.508 e. The van der Waals surface area contributed by atoms with Crippen molar-refractivity contribution in [3.63, 3.8) is 0 Å². The number of phenols is 1. The lowest BCUT2D eigenvalue weighted by molar-refractivity contribution is -0.152. The number of methoxy groups -OCH3 is 1. The Morgan fingerprint density at radius 3 is 2.28 bits per heavy atom. The van der Waals surface area contributed by atoms with E-state index >= 15 is 0 Å². The van der Waals surface area contributed by atoms with Crippen LogP contribution in [0.15, 0.2) is 24.3 Å². The lowest BCUT2D eigenvalue weighted by atomic mass is 9.62. The molecule has 1 unspecified atom stereocenters. The van der Waals surface area contributed by atoms with Crippen LogP contribution in [0, 0.1) is 11.3 Å². The topological polar surface area (TPSA) is 53.0 Å². The number of carbonyl (C=O) groups excluding carboxylic acids is 1. The van der Waals surface area contributed by atoms with Gasteiger partial charge in [0.2, 0.25) is 5.91 Å². The number of likely N-dealkylation sites (tertiary alicyclic amines) is 2. The molecule has 2 heterocycles. The smallest absolute Gasteiger partial charge is 0.225 e. The number of ether oxygens (including phenoxy) is 1. The molecule has 1 aliphatic carbocycles. The maximum absolute atomic E-state index is 13.1. The first-order valence-electron chi connectivity index (χ1n) is 11.3. The first-order valence-corrected chi connectivity index (χ1v) is 11.3. The number of phenolic OH excluding ortho intramolecular Hbond substituents is 1. The van der Waals surface area contributed by atoms with Crippen molar-refractivity contribution in [1.82, 2.24) is 9.80 Å². The van der Waals surface area contributed by atoms with Gasteiger partial charge in [-0.1, -0.05) is 12.1 Å². The number of rotatable bonds is 4. The van der Waals surface area contributed by atoms with Crippen molar-refractivity contribution >= 4 is 5.91 Å². The second-order valence-corrected chi connectivity index (χ2v) is 9.66. The quantitative estimate of drug-likeness (QED) is 0.831. The minimum atomic E-state index is 0.192. The Bertz CT molecular complexity index is 701. The third kappa shape index (κ3) is 3.91. The summed E-state index contributed by atoms with van der Waals surface area (Å²) in [6.45, 7) is 7.38. The Morgan fingerprint density at radius 2 is 1.72 bits per heavy atom. The van der Waals surface area contributed by atoms with Crippen LogP contribution in [0.1, 0.15) is 64.0 Å². The van der Waals surface area contributed by atoms with Gasteiger partial charge in [0.05, 0.1) is 6.10 Å². The molecule has 160 valence electrons. The number of hydrogen-bond acceptors (Lipinski definition) is 4. The normalized spacial score (nSPS) is 29.8. The fourth-order valence-corrected chi connectivity index (χ4v) is 5.87. The fourth-order valence-electron chi connectivity index (χ4n) is 5.87. The largest absolute Gasteiger partial charge is 0.508 e. The molecule has 0 aromatic heterocycles. The molecule has 1 spiro atoms. The van der Waals surface area contributed by atoms with Gasteiger partial charge in [-0.25, -0.2) is 0 Å². The molecular formula is C24H36N2O3. The van der Waals surface area contributed by atoms with Crippen molar-refractivity contribution in [2.45, 2.75) is 70.6 Å². The predicted molar refractivity (Wildman–Crippen MR) is 114 cm³/mol. The van der Waals surface area contributed by atoms with Crippen LogP contribution in [0.5, 0.6) is 5.75 Å². The summed E-state index contributed by atoms with van der Waals surface area (Å²) in [7, 11) is 1.78. The van der Waals surface area contributed by atoms with E-state index in [0.29, 0.717) is 29.8 Å². The Hall–Kier alpha value is -1.59. The van der Waals surface area contributed by atoms with E-state index in [-0.39, 0.29) is 11.3 Å². The van der Waals surface area contributed by atoms with E-state index in [1.54, 1.807) is 19.2 Å². The maximum Gasteiger partial charge on any atom is 0.225 e. The average molecular weight is 401 g/mol. The molecule has 0 radical (unpaired) electrons. The highest BCUT2D eigenvalue weighted by molar-refractivity contribution is 5.79. The van der Waals surface area contributed by atoms with Crippen molar-refractivity contribution in [2.75, 3.05) is 26.7 Å². The van der Waals surface area contributed by atoms with E-state index in [1.807, 2.05) is 0 Å². The number of aromatic hydroxyl groups is 1. The molecule has 29 heavy (non-hydrogen) atoms. The van der Waals surface area contributed by atoms with Crippen molar-refractivity contribution in [3.8, 4) is 5.75 Å². The van der Waals surface area contributed by atoms with Crippen LogP contribution in [-0.4, -0.2) is 59.7 Å². The van der Waals surface area contributed by atoms with Crippen LogP contribution < -0.4 is 0 Å². The zero-order valence-electron chi connectivity index (χ0n) is 18.1. The van der Waals surface area contributed by atoms with Crippen molar-refractivity contribution < 1.29 is 14.6 Å². The molecule has 5 heteroatoms. The van der Waals surface area contributed by atoms with Crippen LogP contribution >= 0.6 is 0 Å². The van der Waals surface area contributed by atoms with E-state index in [4.69, 9.17) is 4.74 Å². The van der Waals surface area contributed by atoms with E-state index < -0.39 is 0 Å². The van der Waals surface area contributed by atoms with Crippen molar-refractivity contribution in [3.05, 3.63) is 29.8 Å². The highest BCUT2D eigenvalue weighted by atomic mass is 16.5. The number of carbonyl (C=O) groups is 1. The van der Waals surface area contributed by atoms with Gasteiger partial charge < -0.3 is 14.7 Å². The first kappa shape index (κ1) is 20.7. The molecule has 1 N–H and O–H groups in total. The van der Waals surface area contributed by atoms with Crippen LogP contribution in [-0.2, 0) is 9.53 Å². The van der Waals surface area contributed by atoms with Crippen LogP contribution in [0.3, 0.4) is 0 Å². The molecule has 1 aromatic rings. The van der Waals surface area contributed by atoms with Crippen LogP contribution in [0.4, 0.5) is 0 Å². The van der Waals surface area contributed by atoms with E-state index in [2.05, 4.69) is 35.8 Å². The SMILES string of the molecule is COC1CCC(C(=O)N2CCC3(CC2)CN(C(C)C)C3c2ccc(O)cc2)CC1. The average Bonchev–Trinajstić information content (AvgIpc) is 2.73. The summed E-state index contributed by atoms with van der Waals surface area (Å²) >= 11 is 0. The molecule has 4 rings (SSSR count). The summed E-state index contributed by atoms with van der Waals surface area (Å²) in [6.07, 6.45) is 6.44. The molecule has 2 aliphatic heterocycles. The molecule has 2 saturated heterocycles. The summed E-state index contributed by atoms with van der Waals surface area (Å²) in [6, 6.07) is 8.63. The van der Waals surface area contributed by atoms with Gasteiger partial charge in [-0.05, 0) is 70.1 Å². The second-order valence-electron chi connectivity index (χ2n) is 9.66. The van der Waals surface area contributed by atoms with Gasteiger partial charge in [-0.2, -0.15) is 0 Å². The number of benzene rings is 1. The summed E-state index contributed by atoms with van der Waals surface area (Å²) in [4.78, 5) is 17.8. The molecule has 1 aromatic carbocycles. The minimum absolute atomic E-state index is 0.192. The van der Waals surface area contributed by atoms with E-state index in [0.717, 1.165) is 58.2 Å². The lowest BCUT2D eigenvalue weighted by Gasteiger charge is -2.62. The van der Waals surface area contributed by atoms with Gasteiger partial charge in [0.15, 0.2) is 0 Å². The van der Waals surface area contributed by atoms with E-state index in [1.165, 1.54) is 5.56 Å². The highest BCUT2D eigenvalue weighted by Crippen LogP contribution is 2.56. The molecule has 0 bridgehead atoms. The molecule has 3 aliphatic rings. The summed E-state index contributed by atoms with van der Waals surface area (Å²) in [5.41, 5.74) is 1.55. The predicted octanol–water partition coefficient (Wildman–Crippen LogP) is 3.97. The van der Waals surface area contributed by atoms with Gasteiger partial charge in [-0.15, -0.1) is 0 Å². The Labute approximate surface area is 175 Å². The molecule has 1 saturated carbocycles. The standard InChI is InChI=1S/C24H36N2O3/c1-17(2)26-16-24(22(26)18-4-8-20(27)9-5-18)12-14-25(15-13-24)23(28)19-6-10-21(29-3)11-7-19/h4-5,8-9,17,19,21-22,27H,6-7,10-16H2,1-3H3. The Morgan fingerprint density at radius 1 is 1.10 bits per heavy atom. The number of piperidine rings is 1. The Balaban J connectivity index is 1.41. The number of nitrogens with zero attached hydrogens (tertiary/aromatic N) is 2. The third-order valence-corrected chi connectivity index (χ3v) is 7.71. The molecule has 5 nitrogen and oxygen atoms in total. The summed E-state index contributed by atoms with van der Waals surface area (Å²) in [5.74, 6) is 0.884. The van der Waals surface area contributed by atoms with Gasteiger partial charge in [0.1, 0.15) is 5.75 Å². The zero-order chi connectivity index (χ0) is 20.6. The lowest BCUT2D eigenvalue weighted by Crippen LogP contribution is -2.64. The van der Waals surface area contributed by atoms with Gasteiger partial charge in [0, 0.05) is 50.2 Å². The Kier molecular flexibility index (Phi) is 5.90. The first-order chi connectivity index (χ1) is 13.9. The van der Waals surface area contributed by atoms with Crippen LogP contribution in [0.2, 0.25) is 0 Å². The molecule has 1 atom stereocenters. The van der Waals surface area contributed by atoms with Gasteiger partial charge in [0.25, 0.3) is 0 Å². The summed E-state index contributed by atoms with van der Waals surface area (Å²) in [5, 5.41) is 9.69.